The zero-order valence-electron chi connectivity index (χ0n) is 34.9. The minimum atomic E-state index is -0.530. The van der Waals surface area contributed by atoms with Gasteiger partial charge in [0.2, 0.25) is 0 Å². The quantitative estimate of drug-likeness (QED) is 0.159. The maximum absolute atomic E-state index is 6.73. The Morgan fingerprint density at radius 2 is 0.688 bits per heavy atom. The fourth-order valence-electron chi connectivity index (χ4n) is 9.79. The van der Waals surface area contributed by atoms with Crippen LogP contribution in [0, 0.1) is 0 Å². The molecule has 0 N–H and O–H groups in total. The van der Waals surface area contributed by atoms with Crippen molar-refractivity contribution in [3.63, 3.8) is 0 Å². The van der Waals surface area contributed by atoms with Crippen LogP contribution in [0.3, 0.4) is 0 Å². The van der Waals surface area contributed by atoms with Gasteiger partial charge in [0.1, 0.15) is 11.5 Å². The minimum absolute atomic E-state index is 0.530. The molecule has 0 aromatic heterocycles. The average molecular weight is 836 g/mol. The lowest BCUT2D eigenvalue weighted by Gasteiger charge is -2.45. The molecule has 302 valence electrons. The van der Waals surface area contributed by atoms with Gasteiger partial charge in [-0.1, -0.05) is 194 Å². The standard InChI is InChI=1S/C61H41NOS/c1-3-14-42(15-4-1)43-26-28-44(29-27-43)45-34-37-51(38-35-45)62(50-17-5-2-6-18-50)52-19-13-16-48(40-52)46-30-32-47(33-31-46)49-36-39-58-56(41-49)61(53-20-7-10-23-57(53)63-58)54-21-8-11-24-59(54)64-60-25-12-9-22-55(60)61/h1-41H. The highest BCUT2D eigenvalue weighted by atomic mass is 32.2. The molecule has 3 heteroatoms. The van der Waals surface area contributed by atoms with Crippen LogP contribution in [-0.4, -0.2) is 0 Å². The number of rotatable bonds is 7. The largest absolute Gasteiger partial charge is 0.457 e. The van der Waals surface area contributed by atoms with E-state index in [0.29, 0.717) is 0 Å². The second-order valence-electron chi connectivity index (χ2n) is 16.4. The molecule has 0 atom stereocenters. The van der Waals surface area contributed by atoms with Gasteiger partial charge in [-0.15, -0.1) is 0 Å². The molecule has 0 bridgehead atoms. The molecular weight excluding hydrogens is 795 g/mol. The first-order valence-corrected chi connectivity index (χ1v) is 22.6. The van der Waals surface area contributed by atoms with Gasteiger partial charge < -0.3 is 9.64 Å². The molecule has 0 unspecified atom stereocenters. The highest BCUT2D eigenvalue weighted by Crippen LogP contribution is 2.61. The molecule has 12 rings (SSSR count). The maximum Gasteiger partial charge on any atom is 0.132 e. The lowest BCUT2D eigenvalue weighted by molar-refractivity contribution is 0.431. The van der Waals surface area contributed by atoms with Crippen LogP contribution in [0.4, 0.5) is 17.1 Å². The van der Waals surface area contributed by atoms with E-state index in [2.05, 4.69) is 254 Å². The van der Waals surface area contributed by atoms with Crippen LogP contribution in [0.25, 0.3) is 44.5 Å². The molecule has 64 heavy (non-hydrogen) atoms. The normalized spacial score (nSPS) is 12.9. The van der Waals surface area contributed by atoms with Crippen LogP contribution in [-0.2, 0) is 5.41 Å². The number of para-hydroxylation sites is 2. The molecule has 0 saturated carbocycles. The Hall–Kier alpha value is -7.85. The summed E-state index contributed by atoms with van der Waals surface area (Å²) in [7, 11) is 0. The van der Waals surface area contributed by atoms with Gasteiger partial charge in [-0.2, -0.15) is 0 Å². The van der Waals surface area contributed by atoms with Crippen molar-refractivity contribution < 1.29 is 4.74 Å². The van der Waals surface area contributed by atoms with Gasteiger partial charge in [0, 0.05) is 38.0 Å². The average Bonchev–Trinajstić information content (AvgIpc) is 3.37. The topological polar surface area (TPSA) is 12.5 Å². The number of hydrogen-bond acceptors (Lipinski definition) is 3. The van der Waals surface area contributed by atoms with Crippen molar-refractivity contribution in [2.24, 2.45) is 0 Å². The fourth-order valence-corrected chi connectivity index (χ4v) is 11.0. The molecule has 0 radical (unpaired) electrons. The van der Waals surface area contributed by atoms with Gasteiger partial charge in [-0.25, -0.2) is 0 Å². The van der Waals surface area contributed by atoms with Crippen LogP contribution in [0.2, 0.25) is 0 Å². The molecule has 10 aromatic rings. The third kappa shape index (κ3) is 6.44. The Balaban J connectivity index is 0.882. The Labute approximate surface area is 378 Å². The van der Waals surface area contributed by atoms with Crippen molar-refractivity contribution in [2.45, 2.75) is 15.2 Å². The molecule has 0 amide bonds. The summed E-state index contributed by atoms with van der Waals surface area (Å²) < 4.78 is 6.73. The number of benzene rings is 10. The Morgan fingerprint density at radius 3 is 1.31 bits per heavy atom. The van der Waals surface area contributed by atoms with Crippen molar-refractivity contribution in [1.82, 2.24) is 0 Å². The van der Waals surface area contributed by atoms with Crippen LogP contribution < -0.4 is 9.64 Å². The molecule has 10 aromatic carbocycles. The molecule has 2 aliphatic rings. The predicted octanol–water partition coefficient (Wildman–Crippen LogP) is 16.8. The van der Waals surface area contributed by atoms with E-state index in [1.807, 2.05) is 11.8 Å². The first-order chi connectivity index (χ1) is 31.7. The predicted molar refractivity (Wildman–Crippen MR) is 265 cm³/mol. The molecule has 2 aliphatic heterocycles. The van der Waals surface area contributed by atoms with Crippen molar-refractivity contribution in [1.29, 1.82) is 0 Å². The van der Waals surface area contributed by atoms with Crippen LogP contribution >= 0.6 is 11.8 Å². The highest BCUT2D eigenvalue weighted by molar-refractivity contribution is 7.99. The third-order valence-electron chi connectivity index (χ3n) is 12.8. The zero-order chi connectivity index (χ0) is 42.5. The van der Waals surface area contributed by atoms with E-state index in [1.165, 1.54) is 48.7 Å². The monoisotopic (exact) mass is 835 g/mol. The van der Waals surface area contributed by atoms with Crippen molar-refractivity contribution in [3.8, 4) is 56.0 Å². The van der Waals surface area contributed by atoms with Gasteiger partial charge in [0.15, 0.2) is 0 Å². The summed E-state index contributed by atoms with van der Waals surface area (Å²) in [6.07, 6.45) is 0. The number of nitrogens with zero attached hydrogens (tertiary/aromatic N) is 1. The van der Waals surface area contributed by atoms with E-state index in [1.54, 1.807) is 0 Å². The summed E-state index contributed by atoms with van der Waals surface area (Å²) in [4.78, 5) is 4.88. The Kier molecular flexibility index (Phi) is 9.35. The SMILES string of the molecule is c1ccc(-c2ccc(-c3ccc(N(c4ccccc4)c4cccc(-c5ccc(-c6ccc7c(c6)C6(c8ccccc8O7)c7ccccc7Sc7ccccc76)cc5)c4)cc3)cc2)cc1. The van der Waals surface area contributed by atoms with E-state index < -0.39 is 5.41 Å². The molecule has 2 nitrogen and oxygen atoms in total. The smallest absolute Gasteiger partial charge is 0.132 e. The van der Waals surface area contributed by atoms with Gasteiger partial charge in [0.05, 0.1) is 5.41 Å². The van der Waals surface area contributed by atoms with E-state index in [9.17, 15) is 0 Å². The lowest BCUT2D eigenvalue weighted by atomic mass is 9.63. The van der Waals surface area contributed by atoms with Crippen LogP contribution in [0.1, 0.15) is 22.3 Å². The maximum atomic E-state index is 6.73. The summed E-state index contributed by atoms with van der Waals surface area (Å²) >= 11 is 1.85. The lowest BCUT2D eigenvalue weighted by Crippen LogP contribution is -2.36. The van der Waals surface area contributed by atoms with Gasteiger partial charge >= 0.3 is 0 Å². The van der Waals surface area contributed by atoms with Gasteiger partial charge in [0.25, 0.3) is 0 Å². The Morgan fingerprint density at radius 1 is 0.281 bits per heavy atom. The van der Waals surface area contributed by atoms with Gasteiger partial charge in [-0.3, -0.25) is 0 Å². The molecular formula is C61H41NOS. The molecule has 0 aliphatic carbocycles. The number of hydrogen-bond donors (Lipinski definition) is 0. The summed E-state index contributed by atoms with van der Waals surface area (Å²) in [6.45, 7) is 0. The van der Waals surface area contributed by atoms with E-state index >= 15 is 0 Å². The highest BCUT2D eigenvalue weighted by Gasteiger charge is 2.49. The molecule has 1 spiro atoms. The first kappa shape index (κ1) is 37.9. The van der Waals surface area contributed by atoms with E-state index in [0.717, 1.165) is 56.4 Å². The van der Waals surface area contributed by atoms with E-state index in [4.69, 9.17) is 4.74 Å². The first-order valence-electron chi connectivity index (χ1n) is 21.8. The van der Waals surface area contributed by atoms with Crippen LogP contribution in [0.5, 0.6) is 11.5 Å². The summed E-state index contributed by atoms with van der Waals surface area (Å²) in [5, 5.41) is 0. The summed E-state index contributed by atoms with van der Waals surface area (Å²) in [6, 6.07) is 89.9. The second kappa shape index (κ2) is 15.8. The number of ether oxygens (including phenoxy) is 1. The zero-order valence-corrected chi connectivity index (χ0v) is 35.8. The molecule has 0 saturated heterocycles. The van der Waals surface area contributed by atoms with Crippen molar-refractivity contribution in [3.05, 3.63) is 271 Å². The number of fused-ring (bicyclic) bond motifs is 8. The third-order valence-corrected chi connectivity index (χ3v) is 14.0. The minimum Gasteiger partial charge on any atom is -0.457 e. The molecule has 2 heterocycles. The summed E-state index contributed by atoms with van der Waals surface area (Å²) in [5.74, 6) is 1.79. The Bertz CT molecular complexity index is 3200. The summed E-state index contributed by atoms with van der Waals surface area (Å²) in [5.41, 5.74) is 17.1. The van der Waals surface area contributed by atoms with Crippen LogP contribution in [0.15, 0.2) is 259 Å². The van der Waals surface area contributed by atoms with Crippen molar-refractivity contribution in [2.75, 3.05) is 4.90 Å². The number of anilines is 3. The van der Waals surface area contributed by atoms with Gasteiger partial charge in [-0.05, 0) is 122 Å². The van der Waals surface area contributed by atoms with E-state index in [-0.39, 0.29) is 0 Å². The fraction of sp³-hybridized carbons (Fsp3) is 0.0164. The van der Waals surface area contributed by atoms with Crippen molar-refractivity contribution >= 4 is 28.8 Å². The second-order valence-corrected chi connectivity index (χ2v) is 17.5. The molecule has 0 fully saturated rings.